The van der Waals surface area contributed by atoms with E-state index in [1.807, 2.05) is 0 Å². The topological polar surface area (TPSA) is 47.7 Å². The van der Waals surface area contributed by atoms with Gasteiger partial charge in [-0.2, -0.15) is 0 Å². The second kappa shape index (κ2) is 6.05. The molecule has 0 saturated carbocycles. The van der Waals surface area contributed by atoms with E-state index in [0.29, 0.717) is 13.2 Å². The van der Waals surface area contributed by atoms with E-state index >= 15 is 0 Å². The largest absolute Gasteiger partial charge is 0.346 e. The van der Waals surface area contributed by atoms with Crippen LogP contribution >= 0.6 is 0 Å². The predicted molar refractivity (Wildman–Crippen MR) is 83.0 cm³/mol. The number of likely N-dealkylation sites (tertiary alicyclic amines) is 1. The van der Waals surface area contributed by atoms with Crippen molar-refractivity contribution in [3.63, 3.8) is 0 Å². The van der Waals surface area contributed by atoms with Crippen molar-refractivity contribution in [1.82, 2.24) is 4.90 Å². The van der Waals surface area contributed by atoms with Crippen LogP contribution in [0, 0.1) is 6.92 Å². The Morgan fingerprint density at radius 1 is 1.24 bits per heavy atom. The maximum absolute atomic E-state index is 6.33. The summed E-state index contributed by atoms with van der Waals surface area (Å²) in [6.45, 7) is 7.53. The van der Waals surface area contributed by atoms with Crippen LogP contribution in [0.2, 0.25) is 0 Å². The fraction of sp³-hybridized carbons (Fsp3) is 0.647. The first-order valence-electron chi connectivity index (χ1n) is 7.94. The third-order valence-electron chi connectivity index (χ3n) is 4.66. The molecule has 2 aliphatic heterocycles. The van der Waals surface area contributed by atoms with E-state index in [-0.39, 0.29) is 12.1 Å². The van der Waals surface area contributed by atoms with E-state index in [1.165, 1.54) is 11.1 Å². The van der Waals surface area contributed by atoms with Crippen LogP contribution < -0.4 is 5.73 Å². The summed E-state index contributed by atoms with van der Waals surface area (Å²) < 4.78 is 11.8. The zero-order valence-corrected chi connectivity index (χ0v) is 13.0. The molecule has 0 radical (unpaired) electrons. The number of hydrogen-bond acceptors (Lipinski definition) is 4. The van der Waals surface area contributed by atoms with Gasteiger partial charge in [0.1, 0.15) is 0 Å². The van der Waals surface area contributed by atoms with Gasteiger partial charge in [-0.05, 0) is 37.9 Å². The summed E-state index contributed by atoms with van der Waals surface area (Å²) in [6.07, 6.45) is 2.08. The lowest BCUT2D eigenvalue weighted by Crippen LogP contribution is -2.52. The highest BCUT2D eigenvalue weighted by Crippen LogP contribution is 2.36. The molecule has 21 heavy (non-hydrogen) atoms. The minimum absolute atomic E-state index is 0.0719. The van der Waals surface area contributed by atoms with Gasteiger partial charge in [0.25, 0.3) is 0 Å². The number of hydrogen-bond donors (Lipinski definition) is 1. The molecule has 2 heterocycles. The van der Waals surface area contributed by atoms with E-state index in [9.17, 15) is 0 Å². The Bertz CT molecular complexity index is 483. The van der Waals surface area contributed by atoms with E-state index in [1.54, 1.807) is 0 Å². The first-order valence-corrected chi connectivity index (χ1v) is 7.94. The monoisotopic (exact) mass is 290 g/mol. The van der Waals surface area contributed by atoms with Gasteiger partial charge in [0.05, 0.1) is 25.8 Å². The second-order valence-electron chi connectivity index (χ2n) is 6.34. The number of piperidine rings is 1. The average molecular weight is 290 g/mol. The van der Waals surface area contributed by atoms with E-state index < -0.39 is 5.79 Å². The zero-order valence-electron chi connectivity index (χ0n) is 13.0. The average Bonchev–Trinajstić information content (AvgIpc) is 2.89. The van der Waals surface area contributed by atoms with E-state index in [4.69, 9.17) is 15.2 Å². The summed E-state index contributed by atoms with van der Waals surface area (Å²) in [5.41, 5.74) is 8.95. The van der Waals surface area contributed by atoms with E-state index in [0.717, 1.165) is 25.9 Å². The van der Waals surface area contributed by atoms with Gasteiger partial charge in [0.2, 0.25) is 0 Å². The van der Waals surface area contributed by atoms with Crippen molar-refractivity contribution < 1.29 is 9.47 Å². The maximum Gasteiger partial charge on any atom is 0.181 e. The second-order valence-corrected chi connectivity index (χ2v) is 6.34. The highest BCUT2D eigenvalue weighted by Gasteiger charge is 2.43. The summed E-state index contributed by atoms with van der Waals surface area (Å²) >= 11 is 0. The molecule has 0 aromatic heterocycles. The predicted octanol–water partition coefficient (Wildman–Crippen LogP) is 2.22. The van der Waals surface area contributed by atoms with Crippen LogP contribution in [0.15, 0.2) is 24.3 Å². The van der Waals surface area contributed by atoms with Crippen molar-refractivity contribution in [2.75, 3.05) is 26.3 Å². The Morgan fingerprint density at radius 3 is 2.62 bits per heavy atom. The van der Waals surface area contributed by atoms with Crippen molar-refractivity contribution in [2.24, 2.45) is 5.73 Å². The maximum atomic E-state index is 6.33. The lowest BCUT2D eigenvalue weighted by atomic mass is 9.92. The number of nitrogens with zero attached hydrogens (tertiary/aromatic N) is 1. The third kappa shape index (κ3) is 2.99. The highest BCUT2D eigenvalue weighted by molar-refractivity contribution is 5.30. The Morgan fingerprint density at radius 2 is 1.95 bits per heavy atom. The molecule has 0 aliphatic carbocycles. The molecular weight excluding hydrogens is 264 g/mol. The van der Waals surface area contributed by atoms with Gasteiger partial charge in [-0.25, -0.2) is 0 Å². The van der Waals surface area contributed by atoms with Crippen LogP contribution in [-0.2, 0) is 9.47 Å². The molecule has 4 heteroatoms. The first-order chi connectivity index (χ1) is 10.1. The number of nitrogens with two attached hydrogens (primary N) is 1. The number of benzene rings is 1. The zero-order chi connectivity index (χ0) is 14.9. The van der Waals surface area contributed by atoms with Gasteiger partial charge in [0, 0.05) is 12.5 Å². The molecule has 116 valence electrons. The normalized spacial score (nSPS) is 25.1. The lowest BCUT2D eigenvalue weighted by molar-refractivity contribution is -0.195. The molecule has 3 rings (SSSR count). The molecule has 1 spiro atoms. The third-order valence-corrected chi connectivity index (χ3v) is 4.66. The fourth-order valence-electron chi connectivity index (χ4n) is 3.72. The van der Waals surface area contributed by atoms with Crippen LogP contribution in [0.1, 0.15) is 36.9 Å². The van der Waals surface area contributed by atoms with Crippen molar-refractivity contribution >= 4 is 0 Å². The Labute approximate surface area is 127 Å². The minimum atomic E-state index is -0.395. The Kier molecular flexibility index (Phi) is 4.31. The Hall–Kier alpha value is -0.940. The Balaban J connectivity index is 1.86. The molecule has 2 atom stereocenters. The van der Waals surface area contributed by atoms with Crippen LogP contribution in [-0.4, -0.2) is 43.0 Å². The van der Waals surface area contributed by atoms with Gasteiger partial charge in [-0.15, -0.1) is 0 Å². The molecular formula is C17H26N2O2. The molecule has 1 aromatic rings. The SMILES string of the molecule is Cc1ccccc1C(C(C)N)N1CCCC2(C1)OCCO2. The van der Waals surface area contributed by atoms with Gasteiger partial charge in [-0.3, -0.25) is 4.90 Å². The van der Waals surface area contributed by atoms with E-state index in [2.05, 4.69) is 43.0 Å². The summed E-state index contributed by atoms with van der Waals surface area (Å²) in [6, 6.07) is 8.82. The van der Waals surface area contributed by atoms with Gasteiger partial charge < -0.3 is 15.2 Å². The van der Waals surface area contributed by atoms with Crippen LogP contribution in [0.5, 0.6) is 0 Å². The molecule has 4 nitrogen and oxygen atoms in total. The quantitative estimate of drug-likeness (QED) is 0.927. The van der Waals surface area contributed by atoms with Crippen molar-refractivity contribution in [2.45, 2.75) is 44.6 Å². The fourth-order valence-corrected chi connectivity index (χ4v) is 3.72. The molecule has 2 N–H and O–H groups in total. The molecule has 2 aliphatic rings. The number of ether oxygens (including phenoxy) is 2. The molecule has 0 bridgehead atoms. The molecule has 2 unspecified atom stereocenters. The summed E-state index contributed by atoms with van der Waals surface area (Å²) in [7, 11) is 0. The highest BCUT2D eigenvalue weighted by atomic mass is 16.7. The molecule has 1 aromatic carbocycles. The summed E-state index contributed by atoms with van der Waals surface area (Å²) in [5.74, 6) is -0.395. The lowest BCUT2D eigenvalue weighted by Gasteiger charge is -2.44. The standard InChI is InChI=1S/C17H26N2O2/c1-13-6-3-4-7-15(13)16(14(2)18)19-9-5-8-17(12-19)20-10-11-21-17/h3-4,6-7,14,16H,5,8-12,18H2,1-2H3. The minimum Gasteiger partial charge on any atom is -0.346 e. The molecule has 0 amide bonds. The first kappa shape index (κ1) is 15.0. The summed E-state index contributed by atoms with van der Waals surface area (Å²) in [4.78, 5) is 2.45. The van der Waals surface area contributed by atoms with Crippen LogP contribution in [0.25, 0.3) is 0 Å². The number of rotatable bonds is 3. The smallest absolute Gasteiger partial charge is 0.181 e. The van der Waals surface area contributed by atoms with Crippen LogP contribution in [0.3, 0.4) is 0 Å². The van der Waals surface area contributed by atoms with Crippen molar-refractivity contribution in [3.8, 4) is 0 Å². The van der Waals surface area contributed by atoms with Crippen molar-refractivity contribution in [1.29, 1.82) is 0 Å². The molecule has 2 saturated heterocycles. The van der Waals surface area contributed by atoms with Crippen molar-refractivity contribution in [3.05, 3.63) is 35.4 Å². The van der Waals surface area contributed by atoms with Gasteiger partial charge in [-0.1, -0.05) is 24.3 Å². The van der Waals surface area contributed by atoms with Gasteiger partial charge >= 0.3 is 0 Å². The van der Waals surface area contributed by atoms with Crippen LogP contribution in [0.4, 0.5) is 0 Å². The summed E-state index contributed by atoms with van der Waals surface area (Å²) in [5, 5.41) is 0. The van der Waals surface area contributed by atoms with Gasteiger partial charge in [0.15, 0.2) is 5.79 Å². The molecule has 2 fully saturated rings. The number of aryl methyl sites for hydroxylation is 1.